The zero-order valence-electron chi connectivity index (χ0n) is 9.49. The van der Waals surface area contributed by atoms with Crippen LogP contribution in [0.4, 0.5) is 8.78 Å². The molecular formula is C12H11F2N3O. The quantitative estimate of drug-likeness (QED) is 0.807. The summed E-state index contributed by atoms with van der Waals surface area (Å²) < 4.78 is 26.5. The second-order valence-corrected chi connectivity index (χ2v) is 3.97. The Hall–Kier alpha value is -2.00. The van der Waals surface area contributed by atoms with Crippen LogP contribution < -0.4 is 5.32 Å². The maximum atomic E-state index is 13.5. The van der Waals surface area contributed by atoms with Gasteiger partial charge >= 0.3 is 0 Å². The molecule has 1 aromatic rings. The SMILES string of the molecule is N#CC1CNCCN1C(=O)c1cc(F)ccc1F. The maximum Gasteiger partial charge on any atom is 0.258 e. The topological polar surface area (TPSA) is 56.1 Å². The van der Waals surface area contributed by atoms with Crippen LogP contribution in [0, 0.1) is 23.0 Å². The number of benzene rings is 1. The van der Waals surface area contributed by atoms with E-state index in [2.05, 4.69) is 5.32 Å². The molecule has 1 fully saturated rings. The Kier molecular flexibility index (Phi) is 3.53. The van der Waals surface area contributed by atoms with Crippen LogP contribution in [0.1, 0.15) is 10.4 Å². The molecule has 2 rings (SSSR count). The van der Waals surface area contributed by atoms with E-state index in [4.69, 9.17) is 5.26 Å². The molecule has 1 aliphatic rings. The number of rotatable bonds is 1. The Balaban J connectivity index is 2.30. The Bertz CT molecular complexity index is 513. The van der Waals surface area contributed by atoms with Crippen molar-refractivity contribution in [1.29, 1.82) is 5.26 Å². The van der Waals surface area contributed by atoms with Crippen LogP contribution in [0.25, 0.3) is 0 Å². The minimum atomic E-state index is -0.781. The first-order valence-corrected chi connectivity index (χ1v) is 5.50. The molecular weight excluding hydrogens is 240 g/mol. The second kappa shape index (κ2) is 5.10. The Morgan fingerprint density at radius 2 is 2.28 bits per heavy atom. The van der Waals surface area contributed by atoms with Gasteiger partial charge < -0.3 is 10.2 Å². The van der Waals surface area contributed by atoms with Gasteiger partial charge in [-0.15, -0.1) is 0 Å². The minimum absolute atomic E-state index is 0.299. The van der Waals surface area contributed by atoms with Gasteiger partial charge in [0.05, 0.1) is 11.6 Å². The molecule has 1 N–H and O–H groups in total. The van der Waals surface area contributed by atoms with Crippen LogP contribution in [0.2, 0.25) is 0 Å². The number of carbonyl (C=O) groups excluding carboxylic acids is 1. The predicted octanol–water partition coefficient (Wildman–Crippen LogP) is 0.902. The first-order chi connectivity index (χ1) is 8.63. The Labute approximate surface area is 103 Å². The summed E-state index contributed by atoms with van der Waals surface area (Å²) in [5, 5.41) is 11.9. The molecule has 0 aromatic heterocycles. The summed E-state index contributed by atoms with van der Waals surface area (Å²) >= 11 is 0. The molecule has 1 atom stereocenters. The zero-order valence-corrected chi connectivity index (χ0v) is 9.49. The van der Waals surface area contributed by atoms with Gasteiger partial charge in [-0.1, -0.05) is 0 Å². The highest BCUT2D eigenvalue weighted by Crippen LogP contribution is 2.15. The molecule has 6 heteroatoms. The molecule has 4 nitrogen and oxygen atoms in total. The number of carbonyl (C=O) groups is 1. The van der Waals surface area contributed by atoms with Crippen molar-refractivity contribution in [3.8, 4) is 6.07 Å². The monoisotopic (exact) mass is 251 g/mol. The number of halogens is 2. The van der Waals surface area contributed by atoms with Crippen LogP contribution in [0.5, 0.6) is 0 Å². The van der Waals surface area contributed by atoms with Gasteiger partial charge in [0.15, 0.2) is 0 Å². The molecule has 1 aromatic carbocycles. The number of amides is 1. The average molecular weight is 251 g/mol. The summed E-state index contributed by atoms with van der Waals surface area (Å²) in [4.78, 5) is 13.3. The highest BCUT2D eigenvalue weighted by molar-refractivity contribution is 5.95. The molecule has 1 saturated heterocycles. The van der Waals surface area contributed by atoms with Gasteiger partial charge in [-0.2, -0.15) is 5.26 Å². The number of nitrogens with zero attached hydrogens (tertiary/aromatic N) is 2. The summed E-state index contributed by atoms with van der Waals surface area (Å²) in [6.07, 6.45) is 0. The van der Waals surface area contributed by atoms with Crippen molar-refractivity contribution in [2.75, 3.05) is 19.6 Å². The lowest BCUT2D eigenvalue weighted by atomic mass is 10.1. The zero-order chi connectivity index (χ0) is 13.1. The van der Waals surface area contributed by atoms with Gasteiger partial charge in [0.1, 0.15) is 17.7 Å². The van der Waals surface area contributed by atoms with Crippen molar-refractivity contribution in [1.82, 2.24) is 10.2 Å². The second-order valence-electron chi connectivity index (χ2n) is 3.97. The maximum absolute atomic E-state index is 13.5. The molecule has 0 aliphatic carbocycles. The van der Waals surface area contributed by atoms with Crippen LogP contribution in [0.15, 0.2) is 18.2 Å². The fourth-order valence-electron chi connectivity index (χ4n) is 1.88. The standard InChI is InChI=1S/C12H11F2N3O/c13-8-1-2-11(14)10(5-8)12(18)17-4-3-16-7-9(17)6-15/h1-2,5,9,16H,3-4,7H2. The van der Waals surface area contributed by atoms with Crippen molar-refractivity contribution in [3.63, 3.8) is 0 Å². The largest absolute Gasteiger partial charge is 0.320 e. The first-order valence-electron chi connectivity index (χ1n) is 5.50. The number of nitriles is 1. The van der Waals surface area contributed by atoms with Crippen molar-refractivity contribution < 1.29 is 13.6 Å². The van der Waals surface area contributed by atoms with Gasteiger partial charge in [0.2, 0.25) is 0 Å². The number of hydrogen-bond donors (Lipinski definition) is 1. The van der Waals surface area contributed by atoms with E-state index in [1.807, 2.05) is 6.07 Å². The van der Waals surface area contributed by atoms with Crippen LogP contribution in [0.3, 0.4) is 0 Å². The first kappa shape index (κ1) is 12.5. The van der Waals surface area contributed by atoms with E-state index < -0.39 is 23.6 Å². The average Bonchev–Trinajstić information content (AvgIpc) is 2.40. The molecule has 1 heterocycles. The van der Waals surface area contributed by atoms with E-state index in [-0.39, 0.29) is 5.56 Å². The van der Waals surface area contributed by atoms with Crippen LogP contribution >= 0.6 is 0 Å². The highest BCUT2D eigenvalue weighted by atomic mass is 19.1. The van der Waals surface area contributed by atoms with E-state index in [0.717, 1.165) is 18.2 Å². The van der Waals surface area contributed by atoms with Gasteiger partial charge in [-0.25, -0.2) is 8.78 Å². The number of hydrogen-bond acceptors (Lipinski definition) is 3. The lowest BCUT2D eigenvalue weighted by Gasteiger charge is -2.32. The summed E-state index contributed by atoms with van der Waals surface area (Å²) in [5.41, 5.74) is -0.336. The molecule has 0 radical (unpaired) electrons. The normalized spacial score (nSPS) is 19.4. The van der Waals surface area contributed by atoms with E-state index in [1.165, 1.54) is 4.90 Å². The van der Waals surface area contributed by atoms with E-state index in [0.29, 0.717) is 19.6 Å². The molecule has 0 bridgehead atoms. The number of piperazine rings is 1. The van der Waals surface area contributed by atoms with Crippen LogP contribution in [-0.4, -0.2) is 36.5 Å². The molecule has 94 valence electrons. The fourth-order valence-corrected chi connectivity index (χ4v) is 1.88. The third kappa shape index (κ3) is 2.31. The number of nitrogens with one attached hydrogen (secondary N) is 1. The smallest absolute Gasteiger partial charge is 0.258 e. The lowest BCUT2D eigenvalue weighted by Crippen LogP contribution is -2.53. The fraction of sp³-hybridized carbons (Fsp3) is 0.333. The summed E-state index contributed by atoms with van der Waals surface area (Å²) in [5.74, 6) is -2.11. The molecule has 1 amide bonds. The van der Waals surface area contributed by atoms with Crippen molar-refractivity contribution in [3.05, 3.63) is 35.4 Å². The van der Waals surface area contributed by atoms with E-state index >= 15 is 0 Å². The Morgan fingerprint density at radius 3 is 3.00 bits per heavy atom. The van der Waals surface area contributed by atoms with Gasteiger partial charge in [-0.05, 0) is 18.2 Å². The van der Waals surface area contributed by atoms with Gasteiger partial charge in [-0.3, -0.25) is 4.79 Å². The van der Waals surface area contributed by atoms with Crippen molar-refractivity contribution in [2.24, 2.45) is 0 Å². The highest BCUT2D eigenvalue weighted by Gasteiger charge is 2.28. The van der Waals surface area contributed by atoms with Gasteiger partial charge in [0, 0.05) is 19.6 Å². The van der Waals surface area contributed by atoms with Crippen molar-refractivity contribution in [2.45, 2.75) is 6.04 Å². The van der Waals surface area contributed by atoms with Crippen molar-refractivity contribution >= 4 is 5.91 Å². The molecule has 1 unspecified atom stereocenters. The summed E-state index contributed by atoms with van der Waals surface area (Å²) in [6.45, 7) is 1.16. The predicted molar refractivity (Wildman–Crippen MR) is 59.7 cm³/mol. The third-order valence-corrected chi connectivity index (χ3v) is 2.81. The summed E-state index contributed by atoms with van der Waals surface area (Å²) in [6, 6.07) is 4.02. The third-order valence-electron chi connectivity index (χ3n) is 2.81. The molecule has 18 heavy (non-hydrogen) atoms. The lowest BCUT2D eigenvalue weighted by molar-refractivity contribution is 0.0681. The van der Waals surface area contributed by atoms with E-state index in [1.54, 1.807) is 0 Å². The minimum Gasteiger partial charge on any atom is -0.320 e. The summed E-state index contributed by atoms with van der Waals surface area (Å²) in [7, 11) is 0. The molecule has 0 saturated carbocycles. The van der Waals surface area contributed by atoms with Crippen LogP contribution in [-0.2, 0) is 0 Å². The van der Waals surface area contributed by atoms with E-state index in [9.17, 15) is 13.6 Å². The van der Waals surface area contributed by atoms with Gasteiger partial charge in [0.25, 0.3) is 5.91 Å². The molecule has 1 aliphatic heterocycles. The Morgan fingerprint density at radius 1 is 1.50 bits per heavy atom. The molecule has 0 spiro atoms.